The minimum atomic E-state index is -0.0209. The largest absolute Gasteiger partial charge is 0.328 e. The van der Waals surface area contributed by atoms with Crippen molar-refractivity contribution in [3.8, 4) is 0 Å². The summed E-state index contributed by atoms with van der Waals surface area (Å²) in [5, 5.41) is 0.993. The lowest BCUT2D eigenvalue weighted by molar-refractivity contribution is 0.183. The van der Waals surface area contributed by atoms with Gasteiger partial charge in [-0.05, 0) is 44.5 Å². The fraction of sp³-hybridized carbons (Fsp3) is 0.529. The van der Waals surface area contributed by atoms with Gasteiger partial charge in [0.1, 0.15) is 5.65 Å². The second-order valence-corrected chi connectivity index (χ2v) is 6.85. The van der Waals surface area contributed by atoms with Crippen LogP contribution in [-0.4, -0.2) is 39.7 Å². The summed E-state index contributed by atoms with van der Waals surface area (Å²) in [5.74, 6) is 0. The van der Waals surface area contributed by atoms with E-state index >= 15 is 0 Å². The van der Waals surface area contributed by atoms with E-state index in [2.05, 4.69) is 4.90 Å². The summed E-state index contributed by atoms with van der Waals surface area (Å²) >= 11 is 0. The maximum atomic E-state index is 12.4. The molecule has 0 unspecified atom stereocenters. The number of rotatable bonds is 2. The van der Waals surface area contributed by atoms with Gasteiger partial charge in [0.25, 0.3) is 11.1 Å². The van der Waals surface area contributed by atoms with Crippen LogP contribution in [0.15, 0.2) is 27.8 Å². The zero-order chi connectivity index (χ0) is 16.1. The highest BCUT2D eigenvalue weighted by molar-refractivity contribution is 5.85. The number of hydrogen-bond donors (Lipinski definition) is 1. The number of nitrogens with two attached hydrogens (primary N) is 1. The normalized spacial score (nSPS) is 20.3. The fourth-order valence-electron chi connectivity index (χ4n) is 3.97. The lowest BCUT2D eigenvalue weighted by atomic mass is 10.1. The van der Waals surface area contributed by atoms with Crippen molar-refractivity contribution >= 4 is 35.8 Å². The van der Waals surface area contributed by atoms with Gasteiger partial charge >= 0.3 is 0 Å². The molecular weight excluding hydrogens is 363 g/mol. The lowest BCUT2D eigenvalue weighted by Crippen LogP contribution is -2.43. The van der Waals surface area contributed by atoms with Crippen LogP contribution in [0.1, 0.15) is 24.4 Å². The lowest BCUT2D eigenvalue weighted by Gasteiger charge is -2.32. The van der Waals surface area contributed by atoms with Crippen LogP contribution in [0.5, 0.6) is 0 Å². The van der Waals surface area contributed by atoms with E-state index < -0.39 is 0 Å². The highest BCUT2D eigenvalue weighted by atomic mass is 35.5. The van der Waals surface area contributed by atoms with Crippen molar-refractivity contribution in [3.05, 3.63) is 44.5 Å². The Hall–Kier alpha value is -1.34. The van der Waals surface area contributed by atoms with E-state index in [1.807, 2.05) is 17.6 Å². The van der Waals surface area contributed by atoms with Gasteiger partial charge in [0.2, 0.25) is 0 Å². The van der Waals surface area contributed by atoms with Crippen molar-refractivity contribution in [2.75, 3.05) is 19.6 Å². The van der Waals surface area contributed by atoms with Gasteiger partial charge in [-0.3, -0.25) is 18.7 Å². The summed E-state index contributed by atoms with van der Waals surface area (Å²) in [6, 6.07) is 5.44. The van der Waals surface area contributed by atoms with E-state index in [1.54, 1.807) is 16.7 Å². The van der Waals surface area contributed by atoms with Gasteiger partial charge in [0, 0.05) is 36.7 Å². The first kappa shape index (κ1) is 20.0. The molecule has 6 nitrogen and oxygen atoms in total. The van der Waals surface area contributed by atoms with E-state index in [0.717, 1.165) is 49.1 Å². The van der Waals surface area contributed by atoms with Crippen LogP contribution in [0, 0.1) is 6.92 Å². The number of piperidine rings is 1. The van der Waals surface area contributed by atoms with Crippen molar-refractivity contribution < 1.29 is 0 Å². The maximum Gasteiger partial charge on any atom is 0.252 e. The Bertz CT molecular complexity index is 885. The number of aromatic nitrogens is 2. The van der Waals surface area contributed by atoms with Crippen LogP contribution < -0.4 is 16.9 Å². The third-order valence-electron chi connectivity index (χ3n) is 5.25. The smallest absolute Gasteiger partial charge is 0.252 e. The van der Waals surface area contributed by atoms with E-state index in [4.69, 9.17) is 5.73 Å². The van der Waals surface area contributed by atoms with Gasteiger partial charge in [0.05, 0.1) is 6.04 Å². The van der Waals surface area contributed by atoms with Crippen LogP contribution in [0.3, 0.4) is 0 Å². The number of nitrogens with zero attached hydrogens (tertiary/aromatic N) is 3. The molecule has 2 aromatic rings. The molecule has 1 saturated heterocycles. The van der Waals surface area contributed by atoms with Crippen molar-refractivity contribution in [2.45, 2.75) is 38.4 Å². The van der Waals surface area contributed by atoms with Gasteiger partial charge in [-0.25, -0.2) is 0 Å². The number of hydrogen-bond acceptors (Lipinski definition) is 4. The van der Waals surface area contributed by atoms with Gasteiger partial charge in [-0.2, -0.15) is 0 Å². The van der Waals surface area contributed by atoms with Crippen molar-refractivity contribution in [3.63, 3.8) is 0 Å². The van der Waals surface area contributed by atoms with E-state index in [9.17, 15) is 9.59 Å². The second-order valence-electron chi connectivity index (χ2n) is 6.85. The minimum Gasteiger partial charge on any atom is -0.328 e. The molecule has 4 heterocycles. The Kier molecular flexibility index (Phi) is 5.99. The van der Waals surface area contributed by atoms with Gasteiger partial charge in [-0.1, -0.05) is 0 Å². The average molecular weight is 387 g/mol. The third-order valence-corrected chi connectivity index (χ3v) is 5.25. The molecule has 0 bridgehead atoms. The first-order chi connectivity index (χ1) is 11.0. The monoisotopic (exact) mass is 386 g/mol. The van der Waals surface area contributed by atoms with Crippen LogP contribution >= 0.6 is 24.8 Å². The summed E-state index contributed by atoms with van der Waals surface area (Å²) < 4.78 is 3.57. The SMILES string of the molecule is Cc1cc(=O)n2c3c1ccc(=O)n3[C@H](CN1CCC(N)CC1)C2.Cl.Cl. The molecule has 1 fully saturated rings. The second kappa shape index (κ2) is 7.50. The molecule has 0 aliphatic carbocycles. The average Bonchev–Trinajstić information content (AvgIpc) is 2.90. The number of likely N-dealkylation sites (tertiary alicyclic amines) is 1. The molecule has 25 heavy (non-hydrogen) atoms. The highest BCUT2D eigenvalue weighted by Gasteiger charge is 2.29. The van der Waals surface area contributed by atoms with Gasteiger partial charge < -0.3 is 10.6 Å². The molecule has 4 rings (SSSR count). The third kappa shape index (κ3) is 3.36. The highest BCUT2D eigenvalue weighted by Crippen LogP contribution is 2.26. The molecule has 2 N–H and O–H groups in total. The predicted molar refractivity (Wildman–Crippen MR) is 104 cm³/mol. The quantitative estimate of drug-likeness (QED) is 0.843. The molecule has 2 aliphatic heterocycles. The summed E-state index contributed by atoms with van der Waals surface area (Å²) in [6.45, 7) is 5.23. The molecule has 0 saturated carbocycles. The molecule has 0 radical (unpaired) electrons. The van der Waals surface area contributed by atoms with E-state index in [-0.39, 0.29) is 42.0 Å². The maximum absolute atomic E-state index is 12.4. The Morgan fingerprint density at radius 2 is 1.80 bits per heavy atom. The fourth-order valence-corrected chi connectivity index (χ4v) is 3.97. The molecule has 138 valence electrons. The molecule has 0 spiro atoms. The minimum absolute atomic E-state index is 0. The van der Waals surface area contributed by atoms with Crippen LogP contribution in [0.4, 0.5) is 0 Å². The van der Waals surface area contributed by atoms with Crippen LogP contribution in [0.25, 0.3) is 11.0 Å². The standard InChI is InChI=1S/C17H22N4O2.2ClH/c1-11-8-16(23)20-10-13(9-19-6-4-12(18)5-7-19)21-15(22)3-2-14(11)17(20)21;;/h2-3,8,12-13H,4-7,9-10,18H2,1H3;2*1H/t13-;;/m1../s1. The number of pyridine rings is 2. The number of halogens is 2. The predicted octanol–water partition coefficient (Wildman–Crippen LogP) is 1.29. The summed E-state index contributed by atoms with van der Waals surface area (Å²) in [5.41, 5.74) is 7.64. The summed E-state index contributed by atoms with van der Waals surface area (Å²) in [4.78, 5) is 27.1. The van der Waals surface area contributed by atoms with Crippen molar-refractivity contribution in [1.29, 1.82) is 0 Å². The van der Waals surface area contributed by atoms with E-state index in [0.29, 0.717) is 12.6 Å². The zero-order valence-corrected chi connectivity index (χ0v) is 15.8. The van der Waals surface area contributed by atoms with Crippen molar-refractivity contribution in [1.82, 2.24) is 14.0 Å². The molecular formula is C17H24Cl2N4O2. The Morgan fingerprint density at radius 1 is 1.12 bits per heavy atom. The Morgan fingerprint density at radius 3 is 2.48 bits per heavy atom. The van der Waals surface area contributed by atoms with Crippen LogP contribution in [-0.2, 0) is 6.54 Å². The summed E-state index contributed by atoms with van der Waals surface area (Å²) in [6.07, 6.45) is 2.00. The first-order valence-electron chi connectivity index (χ1n) is 8.28. The molecule has 1 atom stereocenters. The molecule has 2 aliphatic rings. The zero-order valence-electron chi connectivity index (χ0n) is 14.2. The number of aryl methyl sites for hydroxylation is 1. The van der Waals surface area contributed by atoms with Gasteiger partial charge in [-0.15, -0.1) is 24.8 Å². The topological polar surface area (TPSA) is 73.3 Å². The summed E-state index contributed by atoms with van der Waals surface area (Å²) in [7, 11) is 0. The first-order valence-corrected chi connectivity index (χ1v) is 8.28. The van der Waals surface area contributed by atoms with Gasteiger partial charge in [0.15, 0.2) is 0 Å². The van der Waals surface area contributed by atoms with Crippen LogP contribution in [0.2, 0.25) is 0 Å². The Labute approximate surface area is 158 Å². The molecule has 0 aromatic carbocycles. The molecule has 2 aromatic heterocycles. The Balaban J connectivity index is 0.00000113. The van der Waals surface area contributed by atoms with E-state index in [1.165, 1.54) is 0 Å². The molecule has 0 amide bonds. The molecule has 8 heteroatoms. The van der Waals surface area contributed by atoms with Crippen molar-refractivity contribution in [2.24, 2.45) is 5.73 Å².